The molecule has 1 fully saturated rings. The number of rotatable bonds is 1. The number of nitrogens with zero attached hydrogens (tertiary/aromatic N) is 2. The second-order valence-electron chi connectivity index (χ2n) is 3.99. The Balaban J connectivity index is 1.92. The van der Waals surface area contributed by atoms with Gasteiger partial charge < -0.3 is 5.73 Å². The fourth-order valence-corrected chi connectivity index (χ4v) is 2.85. The zero-order valence-corrected chi connectivity index (χ0v) is 10.4. The maximum absolute atomic E-state index is 12.2. The van der Waals surface area contributed by atoms with Crippen molar-refractivity contribution in [1.29, 1.82) is 0 Å². The summed E-state index contributed by atoms with van der Waals surface area (Å²) in [5.41, 5.74) is 6.36. The predicted molar refractivity (Wildman–Crippen MR) is 62.4 cm³/mol. The molecule has 1 aromatic rings. The Hall–Kier alpha value is -1.48. The SMILES string of the molecule is CN1OCCC(N2C(=O)c3csc(N)c3C2=O)O1. The van der Waals surface area contributed by atoms with E-state index >= 15 is 0 Å². The summed E-state index contributed by atoms with van der Waals surface area (Å²) in [7, 11) is 1.57. The third kappa shape index (κ3) is 1.54. The van der Waals surface area contributed by atoms with Gasteiger partial charge in [-0.25, -0.2) is 9.74 Å². The lowest BCUT2D eigenvalue weighted by Gasteiger charge is -2.33. The average molecular weight is 269 g/mol. The van der Waals surface area contributed by atoms with E-state index in [0.717, 1.165) is 10.1 Å². The summed E-state index contributed by atoms with van der Waals surface area (Å²) in [5.74, 6) is -0.752. The van der Waals surface area contributed by atoms with E-state index < -0.39 is 12.1 Å². The van der Waals surface area contributed by atoms with Crippen LogP contribution in [0.5, 0.6) is 0 Å². The smallest absolute Gasteiger partial charge is 0.266 e. The number of nitrogens with two attached hydrogens (primary N) is 1. The highest BCUT2D eigenvalue weighted by Crippen LogP contribution is 2.35. The molecule has 0 bridgehead atoms. The van der Waals surface area contributed by atoms with Crippen molar-refractivity contribution >= 4 is 28.2 Å². The fourth-order valence-electron chi connectivity index (χ4n) is 2.07. The number of imide groups is 1. The molecular formula is C10H11N3O4S. The Morgan fingerprint density at radius 2 is 2.22 bits per heavy atom. The number of carbonyl (C=O) groups excluding carboxylic acids is 2. The number of hydroxylamine groups is 2. The number of anilines is 1. The molecule has 1 atom stereocenters. The summed E-state index contributed by atoms with van der Waals surface area (Å²) in [5, 5.41) is 3.13. The Morgan fingerprint density at radius 3 is 2.89 bits per heavy atom. The van der Waals surface area contributed by atoms with Gasteiger partial charge in [0.1, 0.15) is 0 Å². The first kappa shape index (κ1) is 11.6. The van der Waals surface area contributed by atoms with Crippen LogP contribution in [-0.2, 0) is 9.68 Å². The molecule has 0 aliphatic carbocycles. The minimum Gasteiger partial charge on any atom is -0.390 e. The molecule has 3 rings (SSSR count). The first-order valence-corrected chi connectivity index (χ1v) is 6.26. The predicted octanol–water partition coefficient (Wildman–Crippen LogP) is 0.451. The van der Waals surface area contributed by atoms with Crippen molar-refractivity contribution < 1.29 is 19.3 Å². The maximum atomic E-state index is 12.2. The minimum absolute atomic E-state index is 0.294. The average Bonchev–Trinajstić information content (AvgIpc) is 2.81. The highest BCUT2D eigenvalue weighted by atomic mass is 32.1. The number of nitrogen functional groups attached to an aromatic ring is 1. The fraction of sp³-hybridized carbons (Fsp3) is 0.400. The molecule has 1 aromatic heterocycles. The van der Waals surface area contributed by atoms with Crippen LogP contribution in [0.1, 0.15) is 27.1 Å². The standard InChI is InChI=1S/C10H11N3O4S/c1-12-16-3-2-6(17-12)13-9(14)5-4-18-8(11)7(5)10(13)15/h4,6H,2-3,11H2,1H3. The second kappa shape index (κ2) is 4.02. The molecule has 2 amide bonds. The Labute approximate surface area is 107 Å². The van der Waals surface area contributed by atoms with Gasteiger partial charge in [0.25, 0.3) is 11.8 Å². The molecule has 2 N–H and O–H groups in total. The van der Waals surface area contributed by atoms with E-state index in [2.05, 4.69) is 0 Å². The lowest BCUT2D eigenvalue weighted by molar-refractivity contribution is -0.411. The highest BCUT2D eigenvalue weighted by molar-refractivity contribution is 7.14. The monoisotopic (exact) mass is 269 g/mol. The van der Waals surface area contributed by atoms with Crippen LogP contribution in [0.4, 0.5) is 5.00 Å². The number of fused-ring (bicyclic) bond motifs is 1. The number of hydrogen-bond acceptors (Lipinski definition) is 7. The van der Waals surface area contributed by atoms with Crippen molar-refractivity contribution in [1.82, 2.24) is 10.1 Å². The summed E-state index contributed by atoms with van der Waals surface area (Å²) in [4.78, 5) is 35.8. The van der Waals surface area contributed by atoms with Crippen LogP contribution in [0.3, 0.4) is 0 Å². The molecule has 18 heavy (non-hydrogen) atoms. The number of hydrogen-bond donors (Lipinski definition) is 1. The molecule has 7 nitrogen and oxygen atoms in total. The molecule has 8 heteroatoms. The van der Waals surface area contributed by atoms with Gasteiger partial charge in [-0.2, -0.15) is 0 Å². The molecule has 0 saturated carbocycles. The Morgan fingerprint density at radius 1 is 1.44 bits per heavy atom. The number of thiophene rings is 1. The van der Waals surface area contributed by atoms with Gasteiger partial charge in [0.05, 0.1) is 22.7 Å². The van der Waals surface area contributed by atoms with Gasteiger partial charge in [-0.1, -0.05) is 5.23 Å². The van der Waals surface area contributed by atoms with Crippen LogP contribution in [-0.4, -0.2) is 41.8 Å². The summed E-state index contributed by atoms with van der Waals surface area (Å²) in [6, 6.07) is 0. The largest absolute Gasteiger partial charge is 0.390 e. The second-order valence-corrected chi connectivity index (χ2v) is 4.90. The van der Waals surface area contributed by atoms with Gasteiger partial charge in [0.2, 0.25) is 0 Å². The van der Waals surface area contributed by atoms with Crippen molar-refractivity contribution in [2.45, 2.75) is 12.6 Å². The third-order valence-electron chi connectivity index (χ3n) is 2.90. The molecule has 0 spiro atoms. The van der Waals surface area contributed by atoms with E-state index in [4.69, 9.17) is 15.4 Å². The number of amides is 2. The van der Waals surface area contributed by atoms with Crippen molar-refractivity contribution in [3.05, 3.63) is 16.5 Å². The Kier molecular flexibility index (Phi) is 2.59. The zero-order chi connectivity index (χ0) is 12.9. The molecule has 3 heterocycles. The summed E-state index contributed by atoms with van der Waals surface area (Å²) < 4.78 is 0. The summed E-state index contributed by atoms with van der Waals surface area (Å²) >= 11 is 1.20. The van der Waals surface area contributed by atoms with Crippen LogP contribution in [0.15, 0.2) is 5.38 Å². The first-order chi connectivity index (χ1) is 8.59. The topological polar surface area (TPSA) is 85.1 Å². The third-order valence-corrected chi connectivity index (χ3v) is 3.71. The molecule has 1 unspecified atom stereocenters. The van der Waals surface area contributed by atoms with Crippen LogP contribution in [0.25, 0.3) is 0 Å². The minimum atomic E-state index is -0.638. The van der Waals surface area contributed by atoms with Crippen LogP contribution in [0, 0.1) is 0 Å². The van der Waals surface area contributed by atoms with Gasteiger partial charge in [-0.3, -0.25) is 14.4 Å². The van der Waals surface area contributed by atoms with Crippen LogP contribution in [0.2, 0.25) is 0 Å². The van der Waals surface area contributed by atoms with E-state index in [9.17, 15) is 9.59 Å². The van der Waals surface area contributed by atoms with Gasteiger partial charge >= 0.3 is 0 Å². The molecule has 1 saturated heterocycles. The molecule has 0 aromatic carbocycles. The summed E-state index contributed by atoms with van der Waals surface area (Å²) in [6.45, 7) is 0.389. The van der Waals surface area contributed by atoms with Crippen molar-refractivity contribution in [2.24, 2.45) is 0 Å². The van der Waals surface area contributed by atoms with E-state index in [-0.39, 0.29) is 5.91 Å². The molecule has 2 aliphatic rings. The normalized spacial score (nSPS) is 24.7. The quantitative estimate of drug-likeness (QED) is 0.745. The molecule has 2 aliphatic heterocycles. The molecular weight excluding hydrogens is 258 g/mol. The zero-order valence-electron chi connectivity index (χ0n) is 9.58. The van der Waals surface area contributed by atoms with Crippen LogP contribution >= 0.6 is 11.3 Å². The van der Waals surface area contributed by atoms with Gasteiger partial charge in [-0.15, -0.1) is 11.3 Å². The van der Waals surface area contributed by atoms with E-state index in [1.165, 1.54) is 11.3 Å². The Bertz CT molecular complexity index is 529. The lowest BCUT2D eigenvalue weighted by Crippen LogP contribution is -2.48. The van der Waals surface area contributed by atoms with Gasteiger partial charge in [0, 0.05) is 18.8 Å². The molecule has 96 valence electrons. The van der Waals surface area contributed by atoms with Gasteiger partial charge in [-0.05, 0) is 0 Å². The van der Waals surface area contributed by atoms with Crippen molar-refractivity contribution in [2.75, 3.05) is 19.4 Å². The summed E-state index contributed by atoms with van der Waals surface area (Å²) in [6.07, 6.45) is -0.198. The first-order valence-electron chi connectivity index (χ1n) is 5.38. The van der Waals surface area contributed by atoms with Crippen molar-refractivity contribution in [3.8, 4) is 0 Å². The maximum Gasteiger partial charge on any atom is 0.266 e. The van der Waals surface area contributed by atoms with Crippen LogP contribution < -0.4 is 5.73 Å². The lowest BCUT2D eigenvalue weighted by atomic mass is 10.2. The number of carbonyl (C=O) groups is 2. The van der Waals surface area contributed by atoms with Crippen molar-refractivity contribution in [3.63, 3.8) is 0 Å². The van der Waals surface area contributed by atoms with E-state index in [1.54, 1.807) is 12.4 Å². The highest BCUT2D eigenvalue weighted by Gasteiger charge is 2.44. The van der Waals surface area contributed by atoms with Gasteiger partial charge in [0.15, 0.2) is 6.23 Å². The molecule has 0 radical (unpaired) electrons. The van der Waals surface area contributed by atoms with E-state index in [0.29, 0.717) is 29.2 Å². The van der Waals surface area contributed by atoms with E-state index in [1.807, 2.05) is 0 Å².